The van der Waals surface area contributed by atoms with Crippen LogP contribution in [0.3, 0.4) is 0 Å². The lowest BCUT2D eigenvalue weighted by molar-refractivity contribution is -0.122. The van der Waals surface area contributed by atoms with E-state index in [4.69, 9.17) is 9.47 Å². The number of rotatable bonds is 8. The topological polar surface area (TPSA) is 76.7 Å². The van der Waals surface area contributed by atoms with Gasteiger partial charge in [0.25, 0.3) is 0 Å². The summed E-state index contributed by atoms with van der Waals surface area (Å²) in [5.74, 6) is 1.30. The highest BCUT2D eigenvalue weighted by atomic mass is 16.5. The normalized spacial score (nSPS) is 15.8. The first-order valence-electron chi connectivity index (χ1n) is 10.00. The number of amides is 2. The molecule has 0 aliphatic carbocycles. The van der Waals surface area contributed by atoms with Crippen molar-refractivity contribution in [2.75, 3.05) is 6.61 Å². The zero-order valence-electron chi connectivity index (χ0n) is 17.2. The van der Waals surface area contributed by atoms with Crippen LogP contribution in [0.5, 0.6) is 11.5 Å². The molecule has 0 unspecified atom stereocenters. The molecular formula is C23H28N2O4. The van der Waals surface area contributed by atoms with Gasteiger partial charge in [-0.05, 0) is 31.5 Å². The first-order chi connectivity index (χ1) is 14.0. The smallest absolute Gasteiger partial charge is 0.222 e. The predicted molar refractivity (Wildman–Crippen MR) is 111 cm³/mol. The third-order valence-electron chi connectivity index (χ3n) is 4.82. The summed E-state index contributed by atoms with van der Waals surface area (Å²) in [6.07, 6.45) is 1.16. The standard InChI is InChI=1S/C23H28N2O4/c1-4-28-21-11-18-10-15(2)29-22(18)12-19(21)14-24-23(27)13-20(25-16(3)26)17-8-6-5-7-9-17/h5-9,11-12,15,20H,4,10,13-14H2,1-3H3,(H,24,27)(H,25,26)/t15-,20+/m1/s1. The molecule has 6 heteroatoms. The summed E-state index contributed by atoms with van der Waals surface area (Å²) in [5.41, 5.74) is 2.91. The van der Waals surface area contributed by atoms with Crippen LogP contribution in [0.25, 0.3) is 0 Å². The van der Waals surface area contributed by atoms with E-state index in [0.29, 0.717) is 13.2 Å². The number of ether oxygens (including phenoxy) is 2. The lowest BCUT2D eigenvalue weighted by Crippen LogP contribution is -2.32. The molecule has 2 aromatic carbocycles. The van der Waals surface area contributed by atoms with Gasteiger partial charge < -0.3 is 20.1 Å². The molecule has 0 saturated heterocycles. The van der Waals surface area contributed by atoms with E-state index in [1.165, 1.54) is 6.92 Å². The van der Waals surface area contributed by atoms with Crippen LogP contribution < -0.4 is 20.1 Å². The van der Waals surface area contributed by atoms with Gasteiger partial charge in [0.1, 0.15) is 17.6 Å². The number of carbonyl (C=O) groups is 2. The van der Waals surface area contributed by atoms with Crippen LogP contribution in [-0.4, -0.2) is 24.5 Å². The molecule has 2 N–H and O–H groups in total. The number of fused-ring (bicyclic) bond motifs is 1. The second kappa shape index (κ2) is 9.45. The van der Waals surface area contributed by atoms with Crippen molar-refractivity contribution in [2.24, 2.45) is 0 Å². The monoisotopic (exact) mass is 396 g/mol. The summed E-state index contributed by atoms with van der Waals surface area (Å²) in [5, 5.41) is 5.80. The van der Waals surface area contributed by atoms with E-state index < -0.39 is 0 Å². The van der Waals surface area contributed by atoms with E-state index in [1.54, 1.807) is 0 Å². The Hall–Kier alpha value is -3.02. The molecule has 3 rings (SSSR count). The average Bonchev–Trinajstić information content (AvgIpc) is 3.05. The molecule has 0 aromatic heterocycles. The lowest BCUT2D eigenvalue weighted by atomic mass is 10.0. The van der Waals surface area contributed by atoms with Gasteiger partial charge in [-0.25, -0.2) is 0 Å². The van der Waals surface area contributed by atoms with Crippen LogP contribution >= 0.6 is 0 Å². The fraction of sp³-hybridized carbons (Fsp3) is 0.391. The Bertz CT molecular complexity index is 867. The molecule has 1 aliphatic heterocycles. The minimum Gasteiger partial charge on any atom is -0.494 e. The van der Waals surface area contributed by atoms with Crippen LogP contribution in [-0.2, 0) is 22.6 Å². The lowest BCUT2D eigenvalue weighted by Gasteiger charge is -2.18. The summed E-state index contributed by atoms with van der Waals surface area (Å²) >= 11 is 0. The van der Waals surface area contributed by atoms with Gasteiger partial charge in [-0.2, -0.15) is 0 Å². The van der Waals surface area contributed by atoms with Gasteiger partial charge in [0, 0.05) is 31.0 Å². The maximum absolute atomic E-state index is 12.6. The van der Waals surface area contributed by atoms with E-state index >= 15 is 0 Å². The number of hydrogen-bond acceptors (Lipinski definition) is 4. The molecule has 6 nitrogen and oxygen atoms in total. The zero-order valence-corrected chi connectivity index (χ0v) is 17.2. The summed E-state index contributed by atoms with van der Waals surface area (Å²) < 4.78 is 11.6. The van der Waals surface area contributed by atoms with E-state index in [0.717, 1.165) is 34.6 Å². The van der Waals surface area contributed by atoms with Crippen LogP contribution in [0.1, 0.15) is 49.9 Å². The van der Waals surface area contributed by atoms with Crippen LogP contribution in [0.4, 0.5) is 0 Å². The summed E-state index contributed by atoms with van der Waals surface area (Å²) in [6.45, 7) is 6.31. The van der Waals surface area contributed by atoms with Crippen molar-refractivity contribution < 1.29 is 19.1 Å². The van der Waals surface area contributed by atoms with Gasteiger partial charge in [0.05, 0.1) is 19.1 Å². The molecule has 1 aliphatic rings. The van der Waals surface area contributed by atoms with Crippen molar-refractivity contribution in [3.8, 4) is 11.5 Å². The van der Waals surface area contributed by atoms with E-state index in [2.05, 4.69) is 10.6 Å². The van der Waals surface area contributed by atoms with Gasteiger partial charge in [0.15, 0.2) is 0 Å². The molecule has 2 aromatic rings. The Morgan fingerprint density at radius 3 is 2.69 bits per heavy atom. The van der Waals surface area contributed by atoms with Crippen LogP contribution in [0, 0.1) is 0 Å². The molecule has 2 atom stereocenters. The van der Waals surface area contributed by atoms with Gasteiger partial charge >= 0.3 is 0 Å². The largest absolute Gasteiger partial charge is 0.494 e. The maximum atomic E-state index is 12.6. The third kappa shape index (κ3) is 5.50. The second-order valence-corrected chi connectivity index (χ2v) is 7.28. The fourth-order valence-corrected chi connectivity index (χ4v) is 3.54. The Labute approximate surface area is 171 Å². The first-order valence-corrected chi connectivity index (χ1v) is 10.00. The minimum atomic E-state index is -0.371. The van der Waals surface area contributed by atoms with E-state index in [9.17, 15) is 9.59 Å². The Balaban J connectivity index is 1.68. The van der Waals surface area contributed by atoms with Crippen LogP contribution in [0.15, 0.2) is 42.5 Å². The van der Waals surface area contributed by atoms with E-state index in [1.807, 2.05) is 56.3 Å². The Morgan fingerprint density at radius 2 is 2.00 bits per heavy atom. The fourth-order valence-electron chi connectivity index (χ4n) is 3.54. The quantitative estimate of drug-likeness (QED) is 0.718. The maximum Gasteiger partial charge on any atom is 0.222 e. The van der Waals surface area contributed by atoms with Crippen molar-refractivity contribution in [1.29, 1.82) is 0 Å². The van der Waals surface area contributed by atoms with Crippen molar-refractivity contribution >= 4 is 11.8 Å². The highest BCUT2D eigenvalue weighted by Crippen LogP contribution is 2.35. The molecule has 0 spiro atoms. The zero-order chi connectivity index (χ0) is 20.8. The number of nitrogens with one attached hydrogen (secondary N) is 2. The second-order valence-electron chi connectivity index (χ2n) is 7.28. The molecule has 0 fully saturated rings. The summed E-state index contributed by atoms with van der Waals surface area (Å²) in [4.78, 5) is 24.2. The Kier molecular flexibility index (Phi) is 6.75. The number of benzene rings is 2. The molecule has 154 valence electrons. The highest BCUT2D eigenvalue weighted by molar-refractivity contribution is 5.79. The van der Waals surface area contributed by atoms with Crippen molar-refractivity contribution in [2.45, 2.75) is 52.3 Å². The molecule has 0 bridgehead atoms. The SMILES string of the molecule is CCOc1cc2c(cc1CNC(=O)C[C@H](NC(C)=O)c1ccccc1)O[C@H](C)C2. The first kappa shape index (κ1) is 20.7. The molecular weight excluding hydrogens is 368 g/mol. The van der Waals surface area contributed by atoms with Crippen molar-refractivity contribution in [3.63, 3.8) is 0 Å². The molecule has 0 saturated carbocycles. The van der Waals surface area contributed by atoms with Gasteiger partial charge in [0.2, 0.25) is 11.8 Å². The molecule has 29 heavy (non-hydrogen) atoms. The average molecular weight is 396 g/mol. The van der Waals surface area contributed by atoms with Crippen LogP contribution in [0.2, 0.25) is 0 Å². The summed E-state index contributed by atoms with van der Waals surface area (Å²) in [6, 6.07) is 13.1. The predicted octanol–water partition coefficient (Wildman–Crippen LogP) is 3.29. The van der Waals surface area contributed by atoms with Gasteiger partial charge in [-0.3, -0.25) is 9.59 Å². The van der Waals surface area contributed by atoms with Crippen molar-refractivity contribution in [3.05, 3.63) is 59.2 Å². The number of carbonyl (C=O) groups excluding carboxylic acids is 2. The number of hydrogen-bond donors (Lipinski definition) is 2. The third-order valence-corrected chi connectivity index (χ3v) is 4.82. The van der Waals surface area contributed by atoms with Crippen molar-refractivity contribution in [1.82, 2.24) is 10.6 Å². The summed E-state index contributed by atoms with van der Waals surface area (Å²) in [7, 11) is 0. The molecule has 2 amide bonds. The minimum absolute atomic E-state index is 0.147. The molecule has 0 radical (unpaired) electrons. The molecule has 1 heterocycles. The van der Waals surface area contributed by atoms with Gasteiger partial charge in [-0.1, -0.05) is 30.3 Å². The van der Waals surface area contributed by atoms with E-state index in [-0.39, 0.29) is 30.4 Å². The highest BCUT2D eigenvalue weighted by Gasteiger charge is 2.22. The Morgan fingerprint density at radius 1 is 1.24 bits per heavy atom. The van der Waals surface area contributed by atoms with Gasteiger partial charge in [-0.15, -0.1) is 0 Å².